The smallest absolute Gasteiger partial charge is 0.228 e. The van der Waals surface area contributed by atoms with Gasteiger partial charge in [0, 0.05) is 36.2 Å². The van der Waals surface area contributed by atoms with Crippen molar-refractivity contribution < 1.29 is 4.79 Å². The van der Waals surface area contributed by atoms with Crippen LogP contribution >= 0.6 is 11.3 Å². The molecule has 5 rings (SSSR count). The Labute approximate surface area is 149 Å². The first-order valence-electron chi connectivity index (χ1n) is 8.66. The summed E-state index contributed by atoms with van der Waals surface area (Å²) in [5, 5.41) is 3.09. The number of aromatic amines is 1. The van der Waals surface area contributed by atoms with Gasteiger partial charge in [-0.25, -0.2) is 9.97 Å². The molecule has 5 heterocycles. The van der Waals surface area contributed by atoms with Crippen LogP contribution in [0.4, 0.5) is 5.82 Å². The van der Waals surface area contributed by atoms with E-state index in [1.165, 1.54) is 0 Å². The quantitative estimate of drug-likeness (QED) is 0.785. The van der Waals surface area contributed by atoms with E-state index in [1.807, 2.05) is 29.8 Å². The van der Waals surface area contributed by atoms with Crippen molar-refractivity contribution in [2.24, 2.45) is 0 Å². The summed E-state index contributed by atoms with van der Waals surface area (Å²) in [4.78, 5) is 30.4. The largest absolute Gasteiger partial charge is 0.352 e. The highest BCUT2D eigenvalue weighted by Gasteiger charge is 2.43. The van der Waals surface area contributed by atoms with Gasteiger partial charge in [0.2, 0.25) is 5.91 Å². The number of hydrogen-bond donors (Lipinski definition) is 1. The van der Waals surface area contributed by atoms with Gasteiger partial charge in [-0.15, -0.1) is 11.3 Å². The van der Waals surface area contributed by atoms with Crippen LogP contribution in [-0.2, 0) is 11.2 Å². The number of rotatable bonds is 3. The van der Waals surface area contributed by atoms with E-state index < -0.39 is 0 Å². The number of thiophene rings is 1. The van der Waals surface area contributed by atoms with Crippen LogP contribution in [0.25, 0.3) is 11.0 Å². The van der Waals surface area contributed by atoms with E-state index in [2.05, 4.69) is 24.8 Å². The maximum Gasteiger partial charge on any atom is 0.228 e. The Morgan fingerprint density at radius 1 is 1.24 bits per heavy atom. The molecule has 3 aromatic heterocycles. The maximum absolute atomic E-state index is 12.8. The number of anilines is 1. The lowest BCUT2D eigenvalue weighted by Gasteiger charge is -2.41. The Morgan fingerprint density at radius 2 is 2.08 bits per heavy atom. The molecule has 7 heteroatoms. The first-order chi connectivity index (χ1) is 12.3. The van der Waals surface area contributed by atoms with Gasteiger partial charge in [-0.1, -0.05) is 6.07 Å². The monoisotopic (exact) mass is 353 g/mol. The van der Waals surface area contributed by atoms with E-state index in [0.29, 0.717) is 6.42 Å². The number of amides is 1. The van der Waals surface area contributed by atoms with Crippen molar-refractivity contribution in [1.82, 2.24) is 19.9 Å². The van der Waals surface area contributed by atoms with Gasteiger partial charge in [-0.2, -0.15) is 0 Å². The van der Waals surface area contributed by atoms with Crippen molar-refractivity contribution in [2.75, 3.05) is 18.0 Å². The van der Waals surface area contributed by atoms with Crippen molar-refractivity contribution in [3.8, 4) is 0 Å². The summed E-state index contributed by atoms with van der Waals surface area (Å²) in [7, 11) is 0. The molecule has 0 aliphatic carbocycles. The number of nitrogens with zero attached hydrogens (tertiary/aromatic N) is 4. The lowest BCUT2D eigenvalue weighted by Crippen LogP contribution is -2.56. The maximum atomic E-state index is 12.8. The molecule has 0 aromatic carbocycles. The molecule has 3 aromatic rings. The molecular weight excluding hydrogens is 334 g/mol. The van der Waals surface area contributed by atoms with Gasteiger partial charge in [0.15, 0.2) is 0 Å². The molecule has 2 fully saturated rings. The molecule has 128 valence electrons. The molecule has 2 atom stereocenters. The van der Waals surface area contributed by atoms with Crippen molar-refractivity contribution in [3.05, 3.63) is 41.0 Å². The Hall–Kier alpha value is -2.41. The van der Waals surface area contributed by atoms with Gasteiger partial charge in [-0.3, -0.25) is 4.79 Å². The van der Waals surface area contributed by atoms with Gasteiger partial charge < -0.3 is 14.8 Å². The van der Waals surface area contributed by atoms with Crippen molar-refractivity contribution in [1.29, 1.82) is 0 Å². The van der Waals surface area contributed by atoms with Crippen molar-refractivity contribution >= 4 is 34.1 Å². The van der Waals surface area contributed by atoms with Crippen LogP contribution in [0, 0.1) is 0 Å². The average molecular weight is 353 g/mol. The minimum absolute atomic E-state index is 0.268. The lowest BCUT2D eigenvalue weighted by molar-refractivity contribution is -0.133. The fraction of sp³-hybridized carbons (Fsp3) is 0.389. The summed E-state index contributed by atoms with van der Waals surface area (Å²) in [6, 6.07) is 6.66. The number of aromatic nitrogens is 3. The summed E-state index contributed by atoms with van der Waals surface area (Å²) < 4.78 is 0. The molecule has 1 N–H and O–H groups in total. The fourth-order valence-corrected chi connectivity index (χ4v) is 4.94. The Bertz CT molecular complexity index is 891. The van der Waals surface area contributed by atoms with E-state index in [0.717, 1.165) is 47.7 Å². The zero-order valence-electron chi connectivity index (χ0n) is 13.8. The predicted octanol–water partition coefficient (Wildman–Crippen LogP) is 2.44. The van der Waals surface area contributed by atoms with E-state index >= 15 is 0 Å². The van der Waals surface area contributed by atoms with Gasteiger partial charge in [0.05, 0.1) is 11.8 Å². The second kappa shape index (κ2) is 5.84. The van der Waals surface area contributed by atoms with Crippen LogP contribution in [0.15, 0.2) is 36.1 Å². The highest BCUT2D eigenvalue weighted by Crippen LogP contribution is 2.34. The van der Waals surface area contributed by atoms with Crippen LogP contribution < -0.4 is 4.90 Å². The van der Waals surface area contributed by atoms with E-state index in [4.69, 9.17) is 0 Å². The molecule has 0 saturated carbocycles. The normalized spacial score (nSPS) is 22.7. The first-order valence-corrected chi connectivity index (χ1v) is 9.54. The predicted molar refractivity (Wildman–Crippen MR) is 97.8 cm³/mol. The molecule has 25 heavy (non-hydrogen) atoms. The summed E-state index contributed by atoms with van der Waals surface area (Å²) in [6.45, 7) is 1.70. The lowest BCUT2D eigenvalue weighted by atomic mass is 10.1. The van der Waals surface area contributed by atoms with Gasteiger partial charge >= 0.3 is 0 Å². The molecule has 2 aliphatic heterocycles. The number of nitrogens with one attached hydrogen (secondary N) is 1. The Kier molecular flexibility index (Phi) is 3.48. The molecule has 0 spiro atoms. The zero-order valence-corrected chi connectivity index (χ0v) is 14.6. The highest BCUT2D eigenvalue weighted by atomic mass is 32.1. The number of carbonyl (C=O) groups is 1. The molecular formula is C18H19N5OS. The second-order valence-electron chi connectivity index (χ2n) is 6.78. The second-order valence-corrected chi connectivity index (χ2v) is 7.82. The molecule has 2 aliphatic rings. The number of piperazine rings is 1. The van der Waals surface area contributed by atoms with Crippen LogP contribution in [0.1, 0.15) is 17.7 Å². The van der Waals surface area contributed by atoms with E-state index in [1.54, 1.807) is 17.7 Å². The minimum Gasteiger partial charge on any atom is -0.352 e. The number of H-pyrrole nitrogens is 1. The first kappa shape index (κ1) is 14.9. The summed E-state index contributed by atoms with van der Waals surface area (Å²) in [5.41, 5.74) is 0.869. The van der Waals surface area contributed by atoms with E-state index in [9.17, 15) is 4.79 Å². The third kappa shape index (κ3) is 2.50. The van der Waals surface area contributed by atoms with E-state index in [-0.39, 0.29) is 18.0 Å². The zero-order chi connectivity index (χ0) is 16.8. The fourth-order valence-electron chi connectivity index (χ4n) is 4.25. The third-order valence-corrected chi connectivity index (χ3v) is 6.18. The summed E-state index contributed by atoms with van der Waals surface area (Å²) >= 11 is 1.66. The minimum atomic E-state index is 0.268. The number of fused-ring (bicyclic) bond motifs is 3. The van der Waals surface area contributed by atoms with Gasteiger partial charge in [-0.05, 0) is 30.4 Å². The summed E-state index contributed by atoms with van der Waals surface area (Å²) in [6.07, 6.45) is 6.21. The van der Waals surface area contributed by atoms with Crippen LogP contribution in [-0.4, -0.2) is 50.9 Å². The summed E-state index contributed by atoms with van der Waals surface area (Å²) in [5.74, 6) is 1.25. The van der Waals surface area contributed by atoms with Crippen LogP contribution in [0.2, 0.25) is 0 Å². The van der Waals surface area contributed by atoms with Crippen LogP contribution in [0.5, 0.6) is 0 Å². The standard InChI is InChI=1S/C18H19N5OS/c24-16(8-14-2-1-7-25-14)23-12-3-4-13(23)10-22(9-12)18-15-5-6-19-17(15)20-11-21-18/h1-2,5-7,11-13H,3-4,8-10H2,(H,19,20,21)/t12-,13?/m0/s1. The molecule has 1 amide bonds. The number of hydrogen-bond acceptors (Lipinski definition) is 5. The molecule has 2 saturated heterocycles. The van der Waals surface area contributed by atoms with Crippen molar-refractivity contribution in [3.63, 3.8) is 0 Å². The molecule has 6 nitrogen and oxygen atoms in total. The third-order valence-electron chi connectivity index (χ3n) is 5.31. The average Bonchev–Trinajstić information content (AvgIpc) is 3.34. The molecule has 0 radical (unpaired) electrons. The number of carbonyl (C=O) groups excluding carboxylic acids is 1. The Balaban J connectivity index is 1.38. The van der Waals surface area contributed by atoms with Crippen LogP contribution in [0.3, 0.4) is 0 Å². The highest BCUT2D eigenvalue weighted by molar-refractivity contribution is 7.10. The Morgan fingerprint density at radius 3 is 2.84 bits per heavy atom. The van der Waals surface area contributed by atoms with Crippen molar-refractivity contribution in [2.45, 2.75) is 31.3 Å². The molecule has 2 bridgehead atoms. The SMILES string of the molecule is O=C(Cc1cccs1)N1C2CC[C@H]1CN(c1ncnc3[nH]ccc13)C2. The van der Waals surface area contributed by atoms with Gasteiger partial charge in [0.1, 0.15) is 17.8 Å². The molecule has 1 unspecified atom stereocenters. The van der Waals surface area contributed by atoms with Gasteiger partial charge in [0.25, 0.3) is 0 Å². The topological polar surface area (TPSA) is 65.1 Å².